The summed E-state index contributed by atoms with van der Waals surface area (Å²) in [5.74, 6) is -1.26. The van der Waals surface area contributed by atoms with Gasteiger partial charge in [-0.05, 0) is 56.1 Å². The first-order chi connectivity index (χ1) is 23.2. The van der Waals surface area contributed by atoms with E-state index in [1.807, 2.05) is 17.4 Å². The zero-order valence-corrected chi connectivity index (χ0v) is 29.8. The van der Waals surface area contributed by atoms with Gasteiger partial charge in [0.2, 0.25) is 5.91 Å². The van der Waals surface area contributed by atoms with Gasteiger partial charge in [-0.3, -0.25) is 9.69 Å². The van der Waals surface area contributed by atoms with Crippen LogP contribution in [0.1, 0.15) is 55.0 Å². The summed E-state index contributed by atoms with van der Waals surface area (Å²) in [6, 6.07) is 5.52. The lowest BCUT2D eigenvalue weighted by Gasteiger charge is -2.44. The van der Waals surface area contributed by atoms with Crippen LogP contribution in [-0.2, 0) is 35.0 Å². The number of carbonyl (C=O) groups is 3. The standard InChI is InChI=1S/C35H42Cl2N4O6S/c1-45-33-20-7-8-21(33)18-22(17-20)40-12-14-41(15-13-40)28(42)19-26-31(35(44)47-3)32(29-23(36)5-4-6-24(29)37)30(34(43)46-2)25(39-26)9-10-27-38-11-16-48-27/h4-6,11,16,20-22,32-33,39H,7-10,12-15,17-19H2,1-3H3. The molecule has 4 aliphatic rings. The molecule has 3 fully saturated rings. The fourth-order valence-electron chi connectivity index (χ4n) is 8.25. The van der Waals surface area contributed by atoms with E-state index in [1.54, 1.807) is 24.4 Å². The number of carbonyl (C=O) groups excluding carboxylic acids is 3. The summed E-state index contributed by atoms with van der Waals surface area (Å²) in [5, 5.41) is 6.63. The number of piperazine rings is 1. The van der Waals surface area contributed by atoms with E-state index in [4.69, 9.17) is 37.4 Å². The van der Waals surface area contributed by atoms with Crippen molar-refractivity contribution in [1.29, 1.82) is 0 Å². The summed E-state index contributed by atoms with van der Waals surface area (Å²) < 4.78 is 16.3. The highest BCUT2D eigenvalue weighted by atomic mass is 35.5. The predicted molar refractivity (Wildman–Crippen MR) is 184 cm³/mol. The molecule has 2 saturated carbocycles. The third-order valence-electron chi connectivity index (χ3n) is 10.5. The molecule has 0 radical (unpaired) electrons. The van der Waals surface area contributed by atoms with Gasteiger partial charge in [0.05, 0.1) is 48.8 Å². The van der Waals surface area contributed by atoms with E-state index in [9.17, 15) is 14.4 Å². The fraction of sp³-hybridized carbons (Fsp3) is 0.543. The first-order valence-electron chi connectivity index (χ1n) is 16.5. The summed E-state index contributed by atoms with van der Waals surface area (Å²) in [5.41, 5.74) is 1.52. The smallest absolute Gasteiger partial charge is 0.336 e. The lowest BCUT2D eigenvalue weighted by molar-refractivity contribution is -0.137. The molecule has 48 heavy (non-hydrogen) atoms. The van der Waals surface area contributed by atoms with Gasteiger partial charge in [-0.25, -0.2) is 14.6 Å². The molecular weight excluding hydrogens is 675 g/mol. The number of amides is 1. The van der Waals surface area contributed by atoms with Crippen LogP contribution in [0.2, 0.25) is 10.0 Å². The van der Waals surface area contributed by atoms with E-state index in [0.29, 0.717) is 66.9 Å². The SMILES string of the molecule is COC(=O)C1=C(CCc2nccs2)NC(CC(=O)N2CCN(C3CC4CCC(C3)C4OC)CC2)=C(C(=O)OC)C1c1c(Cl)cccc1Cl. The van der Waals surface area contributed by atoms with Crippen LogP contribution in [0.25, 0.3) is 0 Å². The summed E-state index contributed by atoms with van der Waals surface area (Å²) >= 11 is 15.0. The van der Waals surface area contributed by atoms with Crippen LogP contribution in [0, 0.1) is 11.8 Å². The Balaban J connectivity index is 1.28. The largest absolute Gasteiger partial charge is 0.466 e. The number of aryl methyl sites for hydroxylation is 1. The van der Waals surface area contributed by atoms with Gasteiger partial charge in [-0.2, -0.15) is 0 Å². The normalized spacial score (nSPS) is 26.0. The Bertz CT molecular complexity index is 1550. The number of esters is 2. The number of dihydropyridines is 1. The number of hydrogen-bond acceptors (Lipinski definition) is 10. The summed E-state index contributed by atoms with van der Waals surface area (Å²) in [7, 11) is 4.39. The number of methoxy groups -OCH3 is 3. The number of benzene rings is 1. The highest BCUT2D eigenvalue weighted by Crippen LogP contribution is 2.47. The zero-order valence-electron chi connectivity index (χ0n) is 27.5. The summed E-state index contributed by atoms with van der Waals surface area (Å²) in [6.07, 6.45) is 7.67. The molecule has 2 aliphatic heterocycles. The predicted octanol–water partition coefficient (Wildman–Crippen LogP) is 5.36. The molecule has 1 saturated heterocycles. The molecule has 10 nitrogen and oxygen atoms in total. The van der Waals surface area contributed by atoms with Gasteiger partial charge in [-0.15, -0.1) is 11.3 Å². The van der Waals surface area contributed by atoms with Crippen LogP contribution >= 0.6 is 34.5 Å². The lowest BCUT2D eigenvalue weighted by Crippen LogP contribution is -2.54. The van der Waals surface area contributed by atoms with Crippen LogP contribution < -0.4 is 5.32 Å². The third-order valence-corrected chi connectivity index (χ3v) is 12.0. The Morgan fingerprint density at radius 2 is 1.54 bits per heavy atom. The third kappa shape index (κ3) is 7.03. The van der Waals surface area contributed by atoms with Crippen molar-refractivity contribution >= 4 is 52.4 Å². The van der Waals surface area contributed by atoms with Gasteiger partial charge < -0.3 is 24.4 Å². The lowest BCUT2D eigenvalue weighted by atomic mass is 9.78. The van der Waals surface area contributed by atoms with Crippen molar-refractivity contribution in [3.63, 3.8) is 0 Å². The molecule has 258 valence electrons. The number of rotatable bonds is 10. The van der Waals surface area contributed by atoms with Gasteiger partial charge in [0.1, 0.15) is 0 Å². The second-order valence-electron chi connectivity index (χ2n) is 12.9. The highest BCUT2D eigenvalue weighted by Gasteiger charge is 2.45. The Morgan fingerprint density at radius 1 is 0.917 bits per heavy atom. The number of allylic oxidation sites excluding steroid dienone is 1. The van der Waals surface area contributed by atoms with E-state index in [2.05, 4.69) is 15.2 Å². The maximum absolute atomic E-state index is 14.0. The van der Waals surface area contributed by atoms with E-state index >= 15 is 0 Å². The highest BCUT2D eigenvalue weighted by molar-refractivity contribution is 7.09. The minimum Gasteiger partial charge on any atom is -0.466 e. The maximum Gasteiger partial charge on any atom is 0.336 e. The molecule has 1 N–H and O–H groups in total. The molecule has 1 amide bonds. The second-order valence-corrected chi connectivity index (χ2v) is 14.7. The monoisotopic (exact) mass is 716 g/mol. The van der Waals surface area contributed by atoms with Gasteiger partial charge in [0.25, 0.3) is 0 Å². The molecule has 1 aromatic heterocycles. The molecule has 2 aromatic rings. The fourth-order valence-corrected chi connectivity index (χ4v) is 9.49. The number of nitrogens with one attached hydrogen (secondary N) is 1. The van der Waals surface area contributed by atoms with Gasteiger partial charge >= 0.3 is 11.9 Å². The number of halogens is 2. The number of nitrogens with zero attached hydrogens (tertiary/aromatic N) is 3. The van der Waals surface area contributed by atoms with Crippen molar-refractivity contribution < 1.29 is 28.6 Å². The number of fused-ring (bicyclic) bond motifs is 2. The molecule has 2 bridgehead atoms. The van der Waals surface area contributed by atoms with Crippen molar-refractivity contribution in [2.75, 3.05) is 47.5 Å². The Labute approximate surface area is 295 Å². The van der Waals surface area contributed by atoms with Crippen LogP contribution in [0.4, 0.5) is 0 Å². The van der Waals surface area contributed by atoms with E-state index in [-0.39, 0.29) is 33.5 Å². The molecule has 2 aliphatic carbocycles. The topological polar surface area (TPSA) is 110 Å². The van der Waals surface area contributed by atoms with Crippen LogP contribution in [0.3, 0.4) is 0 Å². The average Bonchev–Trinajstić information content (AvgIpc) is 3.71. The van der Waals surface area contributed by atoms with E-state index in [1.165, 1.54) is 38.4 Å². The van der Waals surface area contributed by atoms with Gasteiger partial charge in [0.15, 0.2) is 0 Å². The van der Waals surface area contributed by atoms with Crippen molar-refractivity contribution in [2.45, 2.75) is 63.0 Å². The number of hydrogen-bond donors (Lipinski definition) is 1. The molecule has 13 heteroatoms. The van der Waals surface area contributed by atoms with Crippen molar-refractivity contribution in [3.8, 4) is 0 Å². The number of thiazole rings is 1. The molecule has 3 atom stereocenters. The summed E-state index contributed by atoms with van der Waals surface area (Å²) in [4.78, 5) is 50.0. The molecular formula is C35H42Cl2N4O6S. The van der Waals surface area contributed by atoms with Crippen LogP contribution in [-0.4, -0.2) is 92.3 Å². The Kier molecular flexibility index (Phi) is 11.1. The first kappa shape index (κ1) is 34.9. The van der Waals surface area contributed by atoms with Crippen molar-refractivity contribution in [3.05, 3.63) is 72.9 Å². The average molecular weight is 718 g/mol. The molecule has 1 aromatic carbocycles. The first-order valence-corrected chi connectivity index (χ1v) is 18.1. The van der Waals surface area contributed by atoms with Crippen LogP contribution in [0.15, 0.2) is 52.3 Å². The Morgan fingerprint density at radius 3 is 2.10 bits per heavy atom. The van der Waals surface area contributed by atoms with Crippen LogP contribution in [0.5, 0.6) is 0 Å². The van der Waals surface area contributed by atoms with Crippen molar-refractivity contribution in [1.82, 2.24) is 20.1 Å². The maximum atomic E-state index is 14.0. The minimum atomic E-state index is -1.03. The number of aromatic nitrogens is 1. The second kappa shape index (κ2) is 15.3. The number of ether oxygens (including phenoxy) is 3. The molecule has 0 spiro atoms. The zero-order chi connectivity index (χ0) is 33.9. The minimum absolute atomic E-state index is 0.0959. The molecule has 3 heterocycles. The van der Waals surface area contributed by atoms with E-state index in [0.717, 1.165) is 30.9 Å². The molecule has 3 unspecified atom stereocenters. The molecule has 6 rings (SSSR count). The summed E-state index contributed by atoms with van der Waals surface area (Å²) in [6.45, 7) is 2.79. The van der Waals surface area contributed by atoms with Crippen molar-refractivity contribution in [2.24, 2.45) is 11.8 Å². The Hall–Kier alpha value is -2.96. The quantitative estimate of drug-likeness (QED) is 0.325. The van der Waals surface area contributed by atoms with Gasteiger partial charge in [0, 0.05) is 84.3 Å². The van der Waals surface area contributed by atoms with Gasteiger partial charge in [-0.1, -0.05) is 29.3 Å². The van der Waals surface area contributed by atoms with E-state index < -0.39 is 17.9 Å².